The SMILES string of the molecule is COc1cc2c(Nc3ncc(CC(=O)Nc4cccc(F)c4)s3)ncnc2cc1OCCCN1CCCC(OP(=O)(O)O)C1(C(C)(C)C)C(C)(C)C. The Morgan fingerprint density at radius 1 is 1.10 bits per heavy atom. The number of benzene rings is 2. The Hall–Kier alpha value is -3.72. The maximum absolute atomic E-state index is 13.5. The molecule has 282 valence electrons. The van der Waals surface area contributed by atoms with Crippen LogP contribution in [-0.2, 0) is 20.3 Å². The molecule has 1 aliphatic heterocycles. The Bertz CT molecular complexity index is 1910. The molecule has 0 bridgehead atoms. The minimum atomic E-state index is -4.73. The lowest BCUT2D eigenvalue weighted by Crippen LogP contribution is -2.73. The van der Waals surface area contributed by atoms with E-state index in [1.54, 1.807) is 31.5 Å². The molecule has 1 fully saturated rings. The van der Waals surface area contributed by atoms with Crippen molar-refractivity contribution in [1.82, 2.24) is 19.9 Å². The fourth-order valence-electron chi connectivity index (χ4n) is 8.03. The molecule has 0 saturated carbocycles. The van der Waals surface area contributed by atoms with Gasteiger partial charge in [-0.25, -0.2) is 23.9 Å². The molecule has 16 heteroatoms. The van der Waals surface area contributed by atoms with Gasteiger partial charge in [-0.05, 0) is 60.9 Å². The van der Waals surface area contributed by atoms with Crippen LogP contribution in [0.3, 0.4) is 0 Å². The second-order valence-corrected chi connectivity index (χ2v) is 17.2. The van der Waals surface area contributed by atoms with Crippen LogP contribution in [-0.4, -0.2) is 74.0 Å². The van der Waals surface area contributed by atoms with E-state index < -0.39 is 25.3 Å². The number of amides is 1. The number of nitrogens with zero attached hydrogens (tertiary/aromatic N) is 4. The highest BCUT2D eigenvalue weighted by atomic mass is 32.1. The lowest BCUT2D eigenvalue weighted by atomic mass is 9.54. The molecule has 1 atom stereocenters. The van der Waals surface area contributed by atoms with Gasteiger partial charge in [-0.1, -0.05) is 47.6 Å². The van der Waals surface area contributed by atoms with Crippen molar-refractivity contribution in [3.8, 4) is 11.5 Å². The van der Waals surface area contributed by atoms with Crippen LogP contribution in [0.25, 0.3) is 10.9 Å². The van der Waals surface area contributed by atoms with Crippen LogP contribution in [0, 0.1) is 16.6 Å². The Morgan fingerprint density at radius 2 is 1.85 bits per heavy atom. The third kappa shape index (κ3) is 8.90. The van der Waals surface area contributed by atoms with E-state index in [1.807, 2.05) is 0 Å². The average molecular weight is 759 g/mol. The standard InChI is InChI=1S/C36H48FN6O7PS/c1-34(2,3)36(35(4,5)6)30(50-51(45,46)47)13-9-14-43(36)15-10-16-49-29-20-27-26(19-28(29)48-7)32(40-22-39-27)42-33-38-21-25(52-33)18-31(44)41-24-12-8-11-23(37)17-24/h8,11-12,17,19-22,30H,9-10,13-16,18H2,1-7H3,(H,41,44)(H2,45,46,47)(H,38,39,40,42). The molecule has 4 aromatic rings. The topological polar surface area (TPSA) is 168 Å². The molecule has 0 spiro atoms. The maximum Gasteiger partial charge on any atom is 0.469 e. The summed E-state index contributed by atoms with van der Waals surface area (Å²) in [5, 5.41) is 7.12. The first kappa shape index (κ1) is 39.5. The van der Waals surface area contributed by atoms with Crippen molar-refractivity contribution >= 4 is 52.6 Å². The summed E-state index contributed by atoms with van der Waals surface area (Å²) in [5.74, 6) is 0.783. The zero-order valence-electron chi connectivity index (χ0n) is 30.6. The summed E-state index contributed by atoms with van der Waals surface area (Å²) < 4.78 is 43.1. The smallest absolute Gasteiger partial charge is 0.469 e. The van der Waals surface area contributed by atoms with E-state index in [4.69, 9.17) is 14.0 Å². The Balaban J connectivity index is 1.27. The van der Waals surface area contributed by atoms with Crippen molar-refractivity contribution in [2.75, 3.05) is 37.4 Å². The van der Waals surface area contributed by atoms with Gasteiger partial charge >= 0.3 is 7.82 Å². The number of phosphoric ester groups is 1. The maximum atomic E-state index is 13.5. The van der Waals surface area contributed by atoms with Crippen molar-refractivity contribution in [2.45, 2.75) is 78.9 Å². The van der Waals surface area contributed by atoms with Crippen molar-refractivity contribution in [3.05, 3.63) is 59.6 Å². The second kappa shape index (κ2) is 15.7. The van der Waals surface area contributed by atoms with Crippen LogP contribution in [0.15, 0.2) is 48.9 Å². The Morgan fingerprint density at radius 3 is 2.52 bits per heavy atom. The zero-order valence-corrected chi connectivity index (χ0v) is 32.3. The number of rotatable bonds is 13. The number of methoxy groups -OCH3 is 1. The highest BCUT2D eigenvalue weighted by Gasteiger charge is 2.61. The van der Waals surface area contributed by atoms with Gasteiger partial charge in [0.1, 0.15) is 18.0 Å². The first-order valence-electron chi connectivity index (χ1n) is 17.1. The average Bonchev–Trinajstić information content (AvgIpc) is 3.47. The highest BCUT2D eigenvalue weighted by Crippen LogP contribution is 2.57. The van der Waals surface area contributed by atoms with Gasteiger partial charge in [0.15, 0.2) is 16.6 Å². The number of likely N-dealkylation sites (tertiary alicyclic amines) is 1. The number of aromatic nitrogens is 3. The van der Waals surface area contributed by atoms with Crippen molar-refractivity contribution < 1.29 is 37.5 Å². The number of carbonyl (C=O) groups excluding carboxylic acids is 1. The molecule has 2 aromatic carbocycles. The van der Waals surface area contributed by atoms with Crippen LogP contribution in [0.1, 0.15) is 65.7 Å². The number of hydrogen-bond donors (Lipinski definition) is 4. The van der Waals surface area contributed by atoms with Crippen LogP contribution in [0.2, 0.25) is 0 Å². The number of fused-ring (bicyclic) bond motifs is 1. The summed E-state index contributed by atoms with van der Waals surface area (Å²) in [6, 6.07) is 9.31. The molecule has 13 nitrogen and oxygen atoms in total. The summed E-state index contributed by atoms with van der Waals surface area (Å²) in [6.07, 6.45) is 4.40. The summed E-state index contributed by atoms with van der Waals surface area (Å²) in [4.78, 5) is 48.6. The van der Waals surface area contributed by atoms with Crippen LogP contribution in [0.4, 0.5) is 21.0 Å². The molecule has 1 aliphatic rings. The predicted molar refractivity (Wildman–Crippen MR) is 200 cm³/mol. The molecule has 0 aliphatic carbocycles. The fraction of sp³-hybridized carbons (Fsp3) is 0.500. The molecule has 5 rings (SSSR count). The van der Waals surface area contributed by atoms with E-state index in [9.17, 15) is 23.5 Å². The number of halogens is 1. The summed E-state index contributed by atoms with van der Waals surface area (Å²) in [6.45, 7) is 14.4. The van der Waals surface area contributed by atoms with Crippen molar-refractivity contribution in [2.24, 2.45) is 10.8 Å². The van der Waals surface area contributed by atoms with Crippen molar-refractivity contribution in [1.29, 1.82) is 0 Å². The third-order valence-corrected chi connectivity index (χ3v) is 10.8. The molecule has 0 radical (unpaired) electrons. The number of phosphoric acid groups is 1. The molecule has 2 aromatic heterocycles. The first-order valence-corrected chi connectivity index (χ1v) is 19.5. The Kier molecular flexibility index (Phi) is 11.9. The minimum Gasteiger partial charge on any atom is -0.493 e. The first-order chi connectivity index (χ1) is 24.4. The number of anilines is 3. The molecule has 52 heavy (non-hydrogen) atoms. The fourth-order valence-corrected chi connectivity index (χ4v) is 9.43. The van der Waals surface area contributed by atoms with Gasteiger partial charge < -0.3 is 29.9 Å². The number of carbonyl (C=O) groups is 1. The molecule has 1 unspecified atom stereocenters. The predicted octanol–water partition coefficient (Wildman–Crippen LogP) is 7.33. The largest absolute Gasteiger partial charge is 0.493 e. The van der Waals surface area contributed by atoms with E-state index in [0.29, 0.717) is 69.9 Å². The molecular formula is C36H48FN6O7PS. The molecule has 1 saturated heterocycles. The second-order valence-electron chi connectivity index (χ2n) is 14.9. The molecular weight excluding hydrogens is 710 g/mol. The summed E-state index contributed by atoms with van der Waals surface area (Å²) >= 11 is 1.30. The number of thiazole rings is 1. The van der Waals surface area contributed by atoms with E-state index in [0.717, 1.165) is 13.0 Å². The summed E-state index contributed by atoms with van der Waals surface area (Å²) in [5.41, 5.74) is -0.426. The van der Waals surface area contributed by atoms with E-state index >= 15 is 0 Å². The molecule has 4 N–H and O–H groups in total. The van der Waals surface area contributed by atoms with Gasteiger partial charge in [-0.3, -0.25) is 14.2 Å². The van der Waals surface area contributed by atoms with Crippen LogP contribution in [0.5, 0.6) is 11.5 Å². The number of hydrogen-bond acceptors (Lipinski definition) is 11. The van der Waals surface area contributed by atoms with E-state index in [-0.39, 0.29) is 23.2 Å². The van der Waals surface area contributed by atoms with Gasteiger partial charge in [0, 0.05) is 34.8 Å². The van der Waals surface area contributed by atoms with Crippen LogP contribution < -0.4 is 20.1 Å². The number of piperidine rings is 1. The minimum absolute atomic E-state index is 0.0712. The van der Waals surface area contributed by atoms with Gasteiger partial charge in [0.2, 0.25) is 5.91 Å². The van der Waals surface area contributed by atoms with Crippen LogP contribution >= 0.6 is 19.2 Å². The van der Waals surface area contributed by atoms with Gasteiger partial charge in [0.25, 0.3) is 0 Å². The normalized spacial score (nSPS) is 16.8. The van der Waals surface area contributed by atoms with E-state index in [2.05, 4.69) is 72.0 Å². The van der Waals surface area contributed by atoms with Gasteiger partial charge in [-0.15, -0.1) is 11.3 Å². The van der Waals surface area contributed by atoms with Crippen molar-refractivity contribution in [3.63, 3.8) is 0 Å². The highest BCUT2D eigenvalue weighted by molar-refractivity contribution is 7.46. The quantitative estimate of drug-likeness (QED) is 0.0793. The monoisotopic (exact) mass is 758 g/mol. The molecule has 3 heterocycles. The number of nitrogens with one attached hydrogen (secondary N) is 2. The van der Waals surface area contributed by atoms with E-state index in [1.165, 1.54) is 35.9 Å². The number of ether oxygens (including phenoxy) is 2. The van der Waals surface area contributed by atoms with Gasteiger partial charge in [-0.2, -0.15) is 0 Å². The van der Waals surface area contributed by atoms with Gasteiger partial charge in [0.05, 0.1) is 37.3 Å². The lowest BCUT2D eigenvalue weighted by molar-refractivity contribution is -0.175. The zero-order chi connectivity index (χ0) is 37.9. The molecule has 1 amide bonds. The lowest BCUT2D eigenvalue weighted by Gasteiger charge is -2.64. The Labute approximate surface area is 307 Å². The summed E-state index contributed by atoms with van der Waals surface area (Å²) in [7, 11) is -3.17. The third-order valence-electron chi connectivity index (χ3n) is 9.38.